The number of aromatic nitrogens is 4. The molecule has 0 N–H and O–H groups in total. The van der Waals surface area contributed by atoms with E-state index in [-0.39, 0.29) is 6.10 Å². The van der Waals surface area contributed by atoms with Crippen molar-refractivity contribution in [1.29, 1.82) is 0 Å². The van der Waals surface area contributed by atoms with E-state index in [0.29, 0.717) is 0 Å². The van der Waals surface area contributed by atoms with E-state index in [0.717, 1.165) is 50.6 Å². The van der Waals surface area contributed by atoms with Crippen LogP contribution in [0.15, 0.2) is 30.9 Å². The van der Waals surface area contributed by atoms with Gasteiger partial charge in [0.1, 0.15) is 0 Å². The first-order valence-electron chi connectivity index (χ1n) is 7.50. The van der Waals surface area contributed by atoms with Gasteiger partial charge in [-0.1, -0.05) is 6.92 Å². The molecule has 1 atom stereocenters. The lowest BCUT2D eigenvalue weighted by Crippen LogP contribution is -2.35. The minimum atomic E-state index is 0.113. The molecule has 0 unspecified atom stereocenters. The van der Waals surface area contributed by atoms with Gasteiger partial charge in [-0.25, -0.2) is 9.97 Å². The van der Waals surface area contributed by atoms with Crippen LogP contribution in [0.2, 0.25) is 0 Å². The number of nitrogens with zero attached hydrogens (tertiary/aromatic N) is 5. The monoisotopic (exact) mass is 287 g/mol. The van der Waals surface area contributed by atoms with Crippen LogP contribution in [0.4, 0.5) is 5.95 Å². The zero-order valence-electron chi connectivity index (χ0n) is 12.4. The third kappa shape index (κ3) is 3.58. The Kier molecular flexibility index (Phi) is 4.45. The van der Waals surface area contributed by atoms with Gasteiger partial charge >= 0.3 is 0 Å². The lowest BCUT2D eigenvalue weighted by Gasteiger charge is -2.23. The van der Waals surface area contributed by atoms with Crippen LogP contribution in [0, 0.1) is 0 Å². The van der Waals surface area contributed by atoms with Gasteiger partial charge in [0.25, 0.3) is 0 Å². The second-order valence-electron chi connectivity index (χ2n) is 5.27. The molecule has 0 aromatic carbocycles. The van der Waals surface area contributed by atoms with Gasteiger partial charge in [0.15, 0.2) is 0 Å². The van der Waals surface area contributed by atoms with E-state index in [2.05, 4.69) is 26.9 Å². The summed E-state index contributed by atoms with van der Waals surface area (Å²) < 4.78 is 7.83. The van der Waals surface area contributed by atoms with Gasteiger partial charge in [0.05, 0.1) is 12.6 Å². The smallest absolute Gasteiger partial charge is 0.225 e. The van der Waals surface area contributed by atoms with E-state index < -0.39 is 0 Å². The van der Waals surface area contributed by atoms with Crippen LogP contribution in [-0.4, -0.2) is 45.5 Å². The predicted molar refractivity (Wildman–Crippen MR) is 80.2 cm³/mol. The fourth-order valence-corrected chi connectivity index (χ4v) is 2.50. The first-order valence-corrected chi connectivity index (χ1v) is 7.50. The molecule has 1 aliphatic heterocycles. The Balaban J connectivity index is 1.68. The summed E-state index contributed by atoms with van der Waals surface area (Å²) in [7, 11) is 0. The molecule has 0 saturated carbocycles. The third-order valence-corrected chi connectivity index (χ3v) is 3.68. The summed E-state index contributed by atoms with van der Waals surface area (Å²) >= 11 is 0. The molecule has 1 saturated heterocycles. The van der Waals surface area contributed by atoms with Crippen molar-refractivity contribution in [2.75, 3.05) is 24.6 Å². The van der Waals surface area contributed by atoms with Crippen LogP contribution in [-0.2, 0) is 17.7 Å². The maximum absolute atomic E-state index is 5.91. The molecule has 1 aliphatic rings. The quantitative estimate of drug-likeness (QED) is 0.853. The zero-order valence-corrected chi connectivity index (χ0v) is 12.4. The Morgan fingerprint density at radius 2 is 2.19 bits per heavy atom. The molecule has 2 aromatic rings. The summed E-state index contributed by atoms with van der Waals surface area (Å²) in [4.78, 5) is 11.2. The summed E-state index contributed by atoms with van der Waals surface area (Å²) in [5.41, 5.74) is 1.16. The molecule has 0 aliphatic carbocycles. The second kappa shape index (κ2) is 6.67. The molecule has 0 amide bonds. The maximum atomic E-state index is 5.91. The highest BCUT2D eigenvalue weighted by Gasteiger charge is 2.21. The first-order chi connectivity index (χ1) is 10.3. The number of anilines is 1. The Labute approximate surface area is 124 Å². The van der Waals surface area contributed by atoms with Gasteiger partial charge < -0.3 is 9.64 Å². The van der Waals surface area contributed by atoms with E-state index in [9.17, 15) is 0 Å². The average Bonchev–Trinajstić information content (AvgIpc) is 2.92. The van der Waals surface area contributed by atoms with Crippen molar-refractivity contribution in [1.82, 2.24) is 19.7 Å². The summed E-state index contributed by atoms with van der Waals surface area (Å²) in [6.45, 7) is 5.37. The van der Waals surface area contributed by atoms with Crippen molar-refractivity contribution < 1.29 is 4.74 Å². The van der Waals surface area contributed by atoms with Crippen LogP contribution in [0.5, 0.6) is 0 Å². The number of aryl methyl sites for hydroxylation is 1. The number of rotatable bonds is 4. The van der Waals surface area contributed by atoms with Crippen LogP contribution in [0.3, 0.4) is 0 Å². The van der Waals surface area contributed by atoms with Crippen LogP contribution < -0.4 is 4.90 Å². The number of ether oxygens (including phenoxy) is 1. The van der Waals surface area contributed by atoms with Crippen molar-refractivity contribution in [3.63, 3.8) is 0 Å². The average molecular weight is 287 g/mol. The molecular weight excluding hydrogens is 266 g/mol. The molecule has 6 nitrogen and oxygen atoms in total. The van der Waals surface area contributed by atoms with Crippen molar-refractivity contribution in [3.05, 3.63) is 36.4 Å². The Morgan fingerprint density at radius 1 is 1.33 bits per heavy atom. The number of hydrogen-bond donors (Lipinski definition) is 0. The standard InChI is InChI=1S/C15H21N5O/c1-2-13-9-16-15(17-10-13)19-6-4-8-21-14(11-19)12-20-7-3-5-18-20/h3,5,7,9-10,14H,2,4,6,8,11-12H2,1H3/t14-/m1/s1. The van der Waals surface area contributed by atoms with E-state index in [4.69, 9.17) is 4.74 Å². The molecule has 21 heavy (non-hydrogen) atoms. The molecule has 2 aromatic heterocycles. The summed E-state index contributed by atoms with van der Waals surface area (Å²) in [6.07, 6.45) is 9.65. The second-order valence-corrected chi connectivity index (χ2v) is 5.27. The minimum absolute atomic E-state index is 0.113. The molecule has 1 fully saturated rings. The van der Waals surface area contributed by atoms with Crippen LogP contribution in [0.1, 0.15) is 18.9 Å². The largest absolute Gasteiger partial charge is 0.374 e. The Bertz CT molecular complexity index is 540. The topological polar surface area (TPSA) is 56.1 Å². The highest BCUT2D eigenvalue weighted by molar-refractivity contribution is 5.30. The molecule has 0 radical (unpaired) electrons. The number of hydrogen-bond acceptors (Lipinski definition) is 5. The highest BCUT2D eigenvalue weighted by atomic mass is 16.5. The van der Waals surface area contributed by atoms with E-state index >= 15 is 0 Å². The normalized spacial score (nSPS) is 19.5. The van der Waals surface area contributed by atoms with Gasteiger partial charge in [0, 0.05) is 44.5 Å². The molecular formula is C15H21N5O. The van der Waals surface area contributed by atoms with E-state index in [1.54, 1.807) is 6.20 Å². The van der Waals surface area contributed by atoms with Crippen LogP contribution >= 0.6 is 0 Å². The Hall–Kier alpha value is -1.95. The zero-order chi connectivity index (χ0) is 14.5. The van der Waals surface area contributed by atoms with Gasteiger partial charge in [-0.05, 0) is 24.5 Å². The molecule has 112 valence electrons. The van der Waals surface area contributed by atoms with Crippen molar-refractivity contribution >= 4 is 5.95 Å². The fourth-order valence-electron chi connectivity index (χ4n) is 2.50. The molecule has 3 heterocycles. The first kappa shape index (κ1) is 14.0. The summed E-state index contributed by atoms with van der Waals surface area (Å²) in [5, 5.41) is 4.25. The molecule has 3 rings (SSSR count). The Morgan fingerprint density at radius 3 is 2.90 bits per heavy atom. The highest BCUT2D eigenvalue weighted by Crippen LogP contribution is 2.14. The van der Waals surface area contributed by atoms with E-state index in [1.165, 1.54) is 0 Å². The lowest BCUT2D eigenvalue weighted by atomic mass is 10.3. The maximum Gasteiger partial charge on any atom is 0.225 e. The van der Waals surface area contributed by atoms with Gasteiger partial charge in [0.2, 0.25) is 5.95 Å². The van der Waals surface area contributed by atoms with Crippen molar-refractivity contribution in [2.45, 2.75) is 32.4 Å². The van der Waals surface area contributed by atoms with Gasteiger partial charge in [-0.2, -0.15) is 5.10 Å². The van der Waals surface area contributed by atoms with Crippen LogP contribution in [0.25, 0.3) is 0 Å². The van der Waals surface area contributed by atoms with Crippen molar-refractivity contribution in [2.24, 2.45) is 0 Å². The third-order valence-electron chi connectivity index (χ3n) is 3.68. The van der Waals surface area contributed by atoms with E-state index in [1.807, 2.05) is 29.3 Å². The summed E-state index contributed by atoms with van der Waals surface area (Å²) in [5.74, 6) is 0.795. The molecule has 0 bridgehead atoms. The predicted octanol–water partition coefficient (Wildman–Crippen LogP) is 1.53. The van der Waals surface area contributed by atoms with Gasteiger partial charge in [-0.3, -0.25) is 4.68 Å². The molecule has 0 spiro atoms. The van der Waals surface area contributed by atoms with Gasteiger partial charge in [-0.15, -0.1) is 0 Å². The lowest BCUT2D eigenvalue weighted by molar-refractivity contribution is 0.0543. The molecule has 6 heteroatoms. The minimum Gasteiger partial charge on any atom is -0.374 e. The SMILES string of the molecule is CCc1cnc(N2CCCO[C@@H](Cn3cccn3)C2)nc1. The fraction of sp³-hybridized carbons (Fsp3) is 0.533. The summed E-state index contributed by atoms with van der Waals surface area (Å²) in [6, 6.07) is 1.93. The van der Waals surface area contributed by atoms with Crippen molar-refractivity contribution in [3.8, 4) is 0 Å².